The van der Waals surface area contributed by atoms with Gasteiger partial charge in [0.15, 0.2) is 5.65 Å². The van der Waals surface area contributed by atoms with E-state index >= 15 is 0 Å². The predicted octanol–water partition coefficient (Wildman–Crippen LogP) is 3.37. The van der Waals surface area contributed by atoms with Crippen LogP contribution in [0.4, 0.5) is 13.2 Å². The minimum absolute atomic E-state index is 0.00178. The Morgan fingerprint density at radius 3 is 2.58 bits per heavy atom. The third-order valence-corrected chi connectivity index (χ3v) is 4.51. The van der Waals surface area contributed by atoms with Crippen molar-refractivity contribution in [2.45, 2.75) is 24.4 Å². The molecule has 1 aromatic carbocycles. The van der Waals surface area contributed by atoms with Crippen molar-refractivity contribution in [2.24, 2.45) is 0 Å². The van der Waals surface area contributed by atoms with E-state index in [-0.39, 0.29) is 11.3 Å². The van der Waals surface area contributed by atoms with Crippen molar-refractivity contribution >= 4 is 5.65 Å². The van der Waals surface area contributed by atoms with Crippen molar-refractivity contribution in [1.82, 2.24) is 19.8 Å². The van der Waals surface area contributed by atoms with Gasteiger partial charge in [-0.3, -0.25) is 0 Å². The molecule has 0 N–H and O–H groups in total. The van der Waals surface area contributed by atoms with Gasteiger partial charge in [0.05, 0.1) is 24.3 Å². The smallest absolute Gasteiger partial charge is 0.453 e. The molecule has 9 heteroatoms. The monoisotopic (exact) mass is 359 g/mol. The molecule has 0 amide bonds. The van der Waals surface area contributed by atoms with E-state index in [0.29, 0.717) is 15.8 Å². The molecule has 3 aromatic rings. The van der Waals surface area contributed by atoms with E-state index < -0.39 is 17.4 Å². The molecule has 1 saturated carbocycles. The average molecular weight is 359 g/mol. The van der Waals surface area contributed by atoms with Crippen molar-refractivity contribution in [3.63, 3.8) is 0 Å². The van der Waals surface area contributed by atoms with E-state index in [1.807, 2.05) is 0 Å². The highest BCUT2D eigenvalue weighted by molar-refractivity contribution is 5.69. The molecule has 2 heterocycles. The number of nitriles is 1. The molecule has 0 radical (unpaired) electrons. The summed E-state index contributed by atoms with van der Waals surface area (Å²) in [6, 6.07) is 10.5. The molecule has 1 aliphatic rings. The second-order valence-corrected chi connectivity index (χ2v) is 6.12. The van der Waals surface area contributed by atoms with E-state index in [0.717, 1.165) is 18.4 Å². The summed E-state index contributed by atoms with van der Waals surface area (Å²) in [6.07, 6.45) is -3.10. The Balaban J connectivity index is 1.84. The summed E-state index contributed by atoms with van der Waals surface area (Å²) in [7, 11) is 1.47. The second kappa shape index (κ2) is 5.42. The largest absolute Gasteiger partial charge is 0.496 e. The highest BCUT2D eigenvalue weighted by Crippen LogP contribution is 2.49. The van der Waals surface area contributed by atoms with Gasteiger partial charge in [-0.2, -0.15) is 28.0 Å². The lowest BCUT2D eigenvalue weighted by atomic mass is 9.95. The van der Waals surface area contributed by atoms with E-state index in [9.17, 15) is 18.4 Å². The minimum Gasteiger partial charge on any atom is -0.496 e. The summed E-state index contributed by atoms with van der Waals surface area (Å²) in [5.74, 6) is -0.746. The molecule has 4 rings (SSSR count). The highest BCUT2D eigenvalue weighted by Gasteiger charge is 2.45. The van der Waals surface area contributed by atoms with E-state index in [4.69, 9.17) is 4.74 Å². The maximum Gasteiger partial charge on any atom is 0.453 e. The number of fused-ring (bicyclic) bond motifs is 1. The normalized spacial score (nSPS) is 15.7. The van der Waals surface area contributed by atoms with Crippen molar-refractivity contribution < 1.29 is 17.9 Å². The maximum atomic E-state index is 13.0. The van der Waals surface area contributed by atoms with Gasteiger partial charge in [-0.15, -0.1) is 10.2 Å². The Kier molecular flexibility index (Phi) is 3.41. The fourth-order valence-electron chi connectivity index (χ4n) is 2.90. The Hall–Kier alpha value is -3.15. The number of hydrogen-bond donors (Lipinski definition) is 0. The first-order chi connectivity index (χ1) is 12.4. The van der Waals surface area contributed by atoms with Crippen LogP contribution in [0, 0.1) is 11.3 Å². The fraction of sp³-hybridized carbons (Fsp3) is 0.294. The van der Waals surface area contributed by atoms with Crippen molar-refractivity contribution in [3.8, 4) is 23.1 Å². The molecule has 0 unspecified atom stereocenters. The van der Waals surface area contributed by atoms with Crippen LogP contribution in [0.2, 0.25) is 0 Å². The van der Waals surface area contributed by atoms with Crippen LogP contribution in [0.5, 0.6) is 5.75 Å². The maximum absolute atomic E-state index is 13.0. The van der Waals surface area contributed by atoms with Crippen LogP contribution in [0.15, 0.2) is 30.3 Å². The summed E-state index contributed by atoms with van der Waals surface area (Å²) in [5.41, 5.74) is 1.16. The molecule has 2 aromatic heterocycles. The van der Waals surface area contributed by atoms with Crippen LogP contribution in [0.1, 0.15) is 24.2 Å². The summed E-state index contributed by atoms with van der Waals surface area (Å²) >= 11 is 0. The van der Waals surface area contributed by atoms with Gasteiger partial charge in [0.2, 0.25) is 0 Å². The molecule has 26 heavy (non-hydrogen) atoms. The lowest BCUT2D eigenvalue weighted by Crippen LogP contribution is -2.12. The van der Waals surface area contributed by atoms with Crippen LogP contribution < -0.4 is 4.74 Å². The van der Waals surface area contributed by atoms with Gasteiger partial charge in [0.25, 0.3) is 5.82 Å². The van der Waals surface area contributed by atoms with Crippen LogP contribution in [0.3, 0.4) is 0 Å². The van der Waals surface area contributed by atoms with Gasteiger partial charge in [-0.05, 0) is 42.7 Å². The third kappa shape index (κ3) is 2.45. The molecule has 0 bridgehead atoms. The van der Waals surface area contributed by atoms with Crippen molar-refractivity contribution in [2.75, 3.05) is 7.11 Å². The van der Waals surface area contributed by atoms with Gasteiger partial charge >= 0.3 is 6.18 Å². The summed E-state index contributed by atoms with van der Waals surface area (Å²) < 4.78 is 45.2. The molecule has 6 nitrogen and oxygen atoms in total. The number of halogens is 3. The second-order valence-electron chi connectivity index (χ2n) is 6.12. The number of hydrogen-bond acceptors (Lipinski definition) is 5. The highest BCUT2D eigenvalue weighted by atomic mass is 19.4. The molecular weight excluding hydrogens is 347 g/mol. The number of alkyl halides is 3. The molecule has 0 atom stereocenters. The molecule has 132 valence electrons. The molecule has 1 aliphatic carbocycles. The summed E-state index contributed by atoms with van der Waals surface area (Å²) in [5, 5.41) is 20.0. The number of aromatic nitrogens is 4. The van der Waals surface area contributed by atoms with Crippen molar-refractivity contribution in [3.05, 3.63) is 41.7 Å². The SMILES string of the molecule is COc1cc(C2(C#N)CC2)ccc1-c1ccc2nnc(C(F)(F)F)n2n1. The fourth-order valence-corrected chi connectivity index (χ4v) is 2.90. The van der Waals surface area contributed by atoms with Gasteiger partial charge in [0.1, 0.15) is 5.75 Å². The zero-order chi connectivity index (χ0) is 18.5. The van der Waals surface area contributed by atoms with Gasteiger partial charge in [-0.1, -0.05) is 6.07 Å². The lowest BCUT2D eigenvalue weighted by molar-refractivity contribution is -0.146. The molecule has 0 saturated heterocycles. The predicted molar refractivity (Wildman–Crippen MR) is 84.3 cm³/mol. The number of benzene rings is 1. The molecular formula is C17H12F3N5O. The Morgan fingerprint density at radius 2 is 1.96 bits per heavy atom. The number of ether oxygens (including phenoxy) is 1. The topological polar surface area (TPSA) is 76.1 Å². The molecule has 0 aliphatic heterocycles. The van der Waals surface area contributed by atoms with Crippen LogP contribution in [-0.2, 0) is 11.6 Å². The Bertz CT molecular complexity index is 1050. The summed E-state index contributed by atoms with van der Waals surface area (Å²) in [4.78, 5) is 0. The quantitative estimate of drug-likeness (QED) is 0.717. The Labute approximate surface area is 145 Å². The van der Waals surface area contributed by atoms with Gasteiger partial charge in [-0.25, -0.2) is 0 Å². The first-order valence-electron chi connectivity index (χ1n) is 7.78. The van der Waals surface area contributed by atoms with Gasteiger partial charge in [0, 0.05) is 5.56 Å². The summed E-state index contributed by atoms with van der Waals surface area (Å²) in [6.45, 7) is 0. The molecule has 0 spiro atoms. The van der Waals surface area contributed by atoms with Crippen molar-refractivity contribution in [1.29, 1.82) is 5.26 Å². The first-order valence-corrected chi connectivity index (χ1v) is 7.78. The first kappa shape index (κ1) is 16.3. The third-order valence-electron chi connectivity index (χ3n) is 4.51. The van der Waals surface area contributed by atoms with Crippen LogP contribution >= 0.6 is 0 Å². The van der Waals surface area contributed by atoms with E-state index in [1.54, 1.807) is 24.3 Å². The zero-order valence-electron chi connectivity index (χ0n) is 13.6. The van der Waals surface area contributed by atoms with Crippen LogP contribution in [0.25, 0.3) is 16.9 Å². The lowest BCUT2D eigenvalue weighted by Gasteiger charge is -2.13. The van der Waals surface area contributed by atoms with E-state index in [2.05, 4.69) is 21.4 Å². The molecule has 1 fully saturated rings. The zero-order valence-corrected chi connectivity index (χ0v) is 13.6. The average Bonchev–Trinajstić information content (AvgIpc) is 3.31. The standard InChI is InChI=1S/C17H12F3N5O/c1-26-13-8-10(16(9-21)6-7-16)2-3-11(13)12-4-5-14-22-23-15(17(18,19)20)25(14)24-12/h2-5,8H,6-7H2,1H3. The van der Waals surface area contributed by atoms with E-state index in [1.165, 1.54) is 13.2 Å². The number of rotatable bonds is 3. The van der Waals surface area contributed by atoms with Gasteiger partial charge < -0.3 is 4.74 Å². The minimum atomic E-state index is -4.66. The van der Waals surface area contributed by atoms with Crippen LogP contribution in [-0.4, -0.2) is 26.9 Å². The number of methoxy groups -OCH3 is 1. The number of nitrogens with zero attached hydrogens (tertiary/aromatic N) is 5. The Morgan fingerprint density at radius 1 is 1.19 bits per heavy atom.